The Balaban J connectivity index is 1.57. The fourth-order valence-electron chi connectivity index (χ4n) is 4.00. The molecule has 32 heavy (non-hydrogen) atoms. The summed E-state index contributed by atoms with van der Waals surface area (Å²) in [7, 11) is -3.60. The molecule has 0 aromatic heterocycles. The second-order valence-corrected chi connectivity index (χ2v) is 10.0. The fraction of sp³-hybridized carbons (Fsp3) is 0.526. The van der Waals surface area contributed by atoms with Crippen LogP contribution in [0.1, 0.15) is 32.6 Å². The maximum atomic E-state index is 12.7. The zero-order valence-electron chi connectivity index (χ0n) is 17.7. The third kappa shape index (κ3) is 4.52. The van der Waals surface area contributed by atoms with Crippen LogP contribution >= 0.6 is 0 Å². The van der Waals surface area contributed by atoms with Gasteiger partial charge in [0.2, 0.25) is 5.91 Å². The number of urea groups is 1. The van der Waals surface area contributed by atoms with Gasteiger partial charge in [0.05, 0.1) is 9.82 Å². The zero-order chi connectivity index (χ0) is 23.7. The Morgan fingerprint density at radius 1 is 1.28 bits per heavy atom. The van der Waals surface area contributed by atoms with Gasteiger partial charge in [-0.3, -0.25) is 19.7 Å². The summed E-state index contributed by atoms with van der Waals surface area (Å²) in [4.78, 5) is 48.9. The Bertz CT molecular complexity index is 1070. The number of amides is 4. The lowest BCUT2D eigenvalue weighted by molar-refractivity contribution is -0.384. The molecular formula is C19H25N5O7S. The molecule has 12 nitrogen and oxygen atoms in total. The maximum absolute atomic E-state index is 12.7. The summed E-state index contributed by atoms with van der Waals surface area (Å²) in [6.45, 7) is 1.62. The molecule has 3 N–H and O–H groups in total. The Labute approximate surface area is 184 Å². The van der Waals surface area contributed by atoms with Crippen LogP contribution in [0.4, 0.5) is 16.2 Å². The molecule has 0 bridgehead atoms. The molecule has 174 valence electrons. The number of hydrogen-bond acceptors (Lipinski definition) is 8. The molecular weight excluding hydrogens is 442 g/mol. The number of rotatable bonds is 8. The molecule has 4 amide bonds. The normalized spacial score (nSPS) is 18.5. The van der Waals surface area contributed by atoms with Crippen LogP contribution in [0.25, 0.3) is 0 Å². The number of imide groups is 1. The topological polar surface area (TPSA) is 168 Å². The second kappa shape index (κ2) is 8.73. The standard InChI is InChI=1S/C19H25N5O7S/c1-12(23-17(26)19(22-18(23)27)7-3-4-8-19)16(25)21-10-9-20-14-6-5-13(32(2,30)31)11-15(14)24(28)29/h5-6,11-12,20H,3-4,7-10H2,1-2H3,(H,21,25)(H,22,27). The van der Waals surface area contributed by atoms with Crippen LogP contribution in [0.3, 0.4) is 0 Å². The molecule has 1 aromatic rings. The molecule has 1 spiro atoms. The Hall–Kier alpha value is -3.22. The number of carbonyl (C=O) groups is 3. The number of nitrogens with zero attached hydrogens (tertiary/aromatic N) is 2. The van der Waals surface area contributed by atoms with Gasteiger partial charge in [0.15, 0.2) is 9.84 Å². The highest BCUT2D eigenvalue weighted by atomic mass is 32.2. The quantitative estimate of drug-likeness (QED) is 0.218. The first kappa shape index (κ1) is 23.4. The molecule has 1 aliphatic carbocycles. The van der Waals surface area contributed by atoms with Crippen molar-refractivity contribution >= 4 is 39.1 Å². The molecule has 1 saturated carbocycles. The van der Waals surface area contributed by atoms with Gasteiger partial charge in [-0.2, -0.15) is 0 Å². The molecule has 1 aromatic carbocycles. The summed E-state index contributed by atoms with van der Waals surface area (Å²) < 4.78 is 23.2. The van der Waals surface area contributed by atoms with E-state index in [-0.39, 0.29) is 29.6 Å². The third-order valence-electron chi connectivity index (χ3n) is 5.75. The number of anilines is 1. The van der Waals surface area contributed by atoms with E-state index in [1.165, 1.54) is 19.1 Å². The van der Waals surface area contributed by atoms with Crippen molar-refractivity contribution in [1.29, 1.82) is 0 Å². The number of benzene rings is 1. The molecule has 1 aliphatic heterocycles. The van der Waals surface area contributed by atoms with Gasteiger partial charge in [0, 0.05) is 25.4 Å². The van der Waals surface area contributed by atoms with E-state index in [4.69, 9.17) is 0 Å². The van der Waals surface area contributed by atoms with E-state index < -0.39 is 44.0 Å². The van der Waals surface area contributed by atoms with Gasteiger partial charge in [-0.15, -0.1) is 0 Å². The molecule has 1 unspecified atom stereocenters. The summed E-state index contributed by atoms with van der Waals surface area (Å²) in [5.74, 6) is -0.922. The second-order valence-electron chi connectivity index (χ2n) is 8.00. The van der Waals surface area contributed by atoms with Crippen molar-refractivity contribution in [2.75, 3.05) is 24.7 Å². The fourth-order valence-corrected chi connectivity index (χ4v) is 4.64. The van der Waals surface area contributed by atoms with Crippen molar-refractivity contribution in [1.82, 2.24) is 15.5 Å². The van der Waals surface area contributed by atoms with Crippen molar-refractivity contribution in [3.8, 4) is 0 Å². The van der Waals surface area contributed by atoms with E-state index in [0.29, 0.717) is 12.8 Å². The van der Waals surface area contributed by atoms with E-state index in [1.54, 1.807) is 0 Å². The summed E-state index contributed by atoms with van der Waals surface area (Å²) in [5, 5.41) is 19.4. The molecule has 1 heterocycles. The Morgan fingerprint density at radius 3 is 2.53 bits per heavy atom. The largest absolute Gasteiger partial charge is 0.378 e. The molecule has 13 heteroatoms. The highest BCUT2D eigenvalue weighted by Crippen LogP contribution is 2.35. The smallest absolute Gasteiger partial charge is 0.325 e. The molecule has 3 rings (SSSR count). The third-order valence-corrected chi connectivity index (χ3v) is 6.86. The monoisotopic (exact) mass is 467 g/mol. The van der Waals surface area contributed by atoms with Crippen LogP contribution < -0.4 is 16.0 Å². The molecule has 1 saturated heterocycles. The Kier molecular flexibility index (Phi) is 6.39. The van der Waals surface area contributed by atoms with Crippen LogP contribution in [0, 0.1) is 10.1 Å². The van der Waals surface area contributed by atoms with Gasteiger partial charge in [-0.1, -0.05) is 12.8 Å². The van der Waals surface area contributed by atoms with Crippen molar-refractivity contribution in [3.63, 3.8) is 0 Å². The summed E-state index contributed by atoms with van der Waals surface area (Å²) >= 11 is 0. The maximum Gasteiger partial charge on any atom is 0.325 e. The molecule has 2 fully saturated rings. The summed E-state index contributed by atoms with van der Waals surface area (Å²) in [6.07, 6.45) is 3.75. The van der Waals surface area contributed by atoms with E-state index in [9.17, 15) is 32.9 Å². The van der Waals surface area contributed by atoms with Gasteiger partial charge in [0.1, 0.15) is 17.3 Å². The minimum Gasteiger partial charge on any atom is -0.378 e. The number of carbonyl (C=O) groups excluding carboxylic acids is 3. The van der Waals surface area contributed by atoms with Gasteiger partial charge < -0.3 is 16.0 Å². The van der Waals surface area contributed by atoms with Gasteiger partial charge in [0.25, 0.3) is 11.6 Å². The number of hydrogen-bond donors (Lipinski definition) is 3. The lowest BCUT2D eigenvalue weighted by atomic mass is 9.97. The van der Waals surface area contributed by atoms with Crippen LogP contribution in [-0.2, 0) is 19.4 Å². The average Bonchev–Trinajstić information content (AvgIpc) is 3.28. The first-order valence-electron chi connectivity index (χ1n) is 10.1. The zero-order valence-corrected chi connectivity index (χ0v) is 18.5. The lowest BCUT2D eigenvalue weighted by Gasteiger charge is -2.23. The number of nitro benzene ring substituents is 1. The van der Waals surface area contributed by atoms with Gasteiger partial charge >= 0.3 is 6.03 Å². The Morgan fingerprint density at radius 2 is 1.94 bits per heavy atom. The van der Waals surface area contributed by atoms with Crippen LogP contribution in [0.5, 0.6) is 0 Å². The van der Waals surface area contributed by atoms with E-state index in [0.717, 1.165) is 30.1 Å². The first-order chi connectivity index (χ1) is 15.0. The van der Waals surface area contributed by atoms with Crippen LogP contribution in [-0.4, -0.2) is 67.0 Å². The number of sulfone groups is 1. The molecule has 0 radical (unpaired) electrons. The highest BCUT2D eigenvalue weighted by Gasteiger charge is 2.54. The van der Waals surface area contributed by atoms with Crippen molar-refractivity contribution in [3.05, 3.63) is 28.3 Å². The minimum absolute atomic E-state index is 0.0585. The average molecular weight is 468 g/mol. The predicted octanol–water partition coefficient (Wildman–Crippen LogP) is 0.780. The first-order valence-corrected chi connectivity index (χ1v) is 12.0. The molecule has 1 atom stereocenters. The predicted molar refractivity (Wildman–Crippen MR) is 114 cm³/mol. The van der Waals surface area contributed by atoms with Crippen molar-refractivity contribution < 1.29 is 27.7 Å². The summed E-state index contributed by atoms with van der Waals surface area (Å²) in [5.41, 5.74) is -1.21. The van der Waals surface area contributed by atoms with Gasteiger partial charge in [-0.05, 0) is 31.9 Å². The van der Waals surface area contributed by atoms with E-state index in [1.807, 2.05) is 0 Å². The highest BCUT2D eigenvalue weighted by molar-refractivity contribution is 7.90. The van der Waals surface area contributed by atoms with Gasteiger partial charge in [-0.25, -0.2) is 18.1 Å². The van der Waals surface area contributed by atoms with E-state index >= 15 is 0 Å². The summed E-state index contributed by atoms with van der Waals surface area (Å²) in [6, 6.07) is 1.91. The number of nitrogens with one attached hydrogen (secondary N) is 3. The van der Waals surface area contributed by atoms with E-state index in [2.05, 4.69) is 16.0 Å². The van der Waals surface area contributed by atoms with Crippen molar-refractivity contribution in [2.24, 2.45) is 0 Å². The van der Waals surface area contributed by atoms with Crippen LogP contribution in [0.15, 0.2) is 23.1 Å². The lowest BCUT2D eigenvalue weighted by Crippen LogP contribution is -2.50. The minimum atomic E-state index is -3.60. The van der Waals surface area contributed by atoms with Crippen LogP contribution in [0.2, 0.25) is 0 Å². The SMILES string of the molecule is CC(C(=O)NCCNc1ccc(S(C)(=O)=O)cc1[N+](=O)[O-])N1C(=O)NC2(CCCC2)C1=O. The van der Waals surface area contributed by atoms with Crippen molar-refractivity contribution in [2.45, 2.75) is 49.1 Å². The number of nitro groups is 1. The molecule has 2 aliphatic rings.